The quantitative estimate of drug-likeness (QED) is 0.726. The van der Waals surface area contributed by atoms with Crippen molar-refractivity contribution in [3.05, 3.63) is 17.0 Å². The van der Waals surface area contributed by atoms with Crippen molar-refractivity contribution in [1.29, 1.82) is 0 Å². The van der Waals surface area contributed by atoms with Gasteiger partial charge in [0.15, 0.2) is 0 Å². The predicted octanol–water partition coefficient (Wildman–Crippen LogP) is 1.87. The van der Waals surface area contributed by atoms with Crippen LogP contribution in [0.25, 0.3) is 0 Å². The highest BCUT2D eigenvalue weighted by Gasteiger charge is 2.26. The number of carbonyl (C=O) groups excluding carboxylic acids is 1. The third-order valence-electron chi connectivity index (χ3n) is 4.02. The highest BCUT2D eigenvalue weighted by molar-refractivity contribution is 5.82. The molecule has 5 heteroatoms. The first-order valence-electron chi connectivity index (χ1n) is 7.16. The number of carbonyl (C=O) groups is 1. The van der Waals surface area contributed by atoms with Gasteiger partial charge in [0.2, 0.25) is 5.91 Å². The number of hydrogen-bond donors (Lipinski definition) is 3. The van der Waals surface area contributed by atoms with Crippen LogP contribution in [0.5, 0.6) is 0 Å². The Morgan fingerprint density at radius 3 is 2.42 bits per heavy atom. The Hall–Kier alpha value is -1.36. The molecule has 0 radical (unpaired) electrons. The molecule has 0 saturated heterocycles. The Morgan fingerprint density at radius 2 is 1.95 bits per heavy atom. The second kappa shape index (κ2) is 6.19. The summed E-state index contributed by atoms with van der Waals surface area (Å²) >= 11 is 0. The summed E-state index contributed by atoms with van der Waals surface area (Å²) in [6.07, 6.45) is 7.30. The molecule has 0 bridgehead atoms. The molecule has 2 rings (SSSR count). The minimum absolute atomic E-state index is 0.322. The van der Waals surface area contributed by atoms with Crippen LogP contribution in [-0.4, -0.2) is 22.1 Å². The largest absolute Gasteiger partial charge is 0.368 e. The van der Waals surface area contributed by atoms with Gasteiger partial charge in [-0.05, 0) is 26.7 Å². The summed E-state index contributed by atoms with van der Waals surface area (Å²) in [6, 6.07) is -0.0458. The number of H-pyrrole nitrogens is 1. The van der Waals surface area contributed by atoms with Gasteiger partial charge in [-0.25, -0.2) is 0 Å². The van der Waals surface area contributed by atoms with Gasteiger partial charge in [-0.2, -0.15) is 5.10 Å². The van der Waals surface area contributed by atoms with Crippen LogP contribution in [0.2, 0.25) is 0 Å². The number of nitrogens with two attached hydrogens (primary N) is 1. The molecular weight excluding hydrogens is 240 g/mol. The number of aromatic nitrogens is 2. The highest BCUT2D eigenvalue weighted by Crippen LogP contribution is 2.24. The molecule has 1 aromatic rings. The van der Waals surface area contributed by atoms with Crippen LogP contribution >= 0.6 is 0 Å². The van der Waals surface area contributed by atoms with E-state index in [0.29, 0.717) is 6.04 Å². The summed E-state index contributed by atoms with van der Waals surface area (Å²) in [4.78, 5) is 11.8. The molecule has 0 aliphatic heterocycles. The molecular formula is C14H24N4O. The fourth-order valence-corrected chi connectivity index (χ4v) is 2.97. The van der Waals surface area contributed by atoms with Crippen molar-refractivity contribution < 1.29 is 4.79 Å². The van der Waals surface area contributed by atoms with Gasteiger partial charge in [-0.3, -0.25) is 15.2 Å². The van der Waals surface area contributed by atoms with Gasteiger partial charge in [0.1, 0.15) is 6.04 Å². The zero-order chi connectivity index (χ0) is 13.8. The van der Waals surface area contributed by atoms with Crippen LogP contribution in [0.3, 0.4) is 0 Å². The molecule has 0 spiro atoms. The monoisotopic (exact) mass is 264 g/mol. The van der Waals surface area contributed by atoms with Crippen molar-refractivity contribution in [2.24, 2.45) is 5.73 Å². The summed E-state index contributed by atoms with van der Waals surface area (Å²) in [5.41, 5.74) is 8.26. The maximum atomic E-state index is 11.8. The summed E-state index contributed by atoms with van der Waals surface area (Å²) in [5.74, 6) is -0.322. The minimum Gasteiger partial charge on any atom is -0.368 e. The Labute approximate surface area is 114 Å². The Balaban J connectivity index is 2.14. The fourth-order valence-electron chi connectivity index (χ4n) is 2.97. The maximum Gasteiger partial charge on any atom is 0.239 e. The van der Waals surface area contributed by atoms with E-state index in [1.165, 1.54) is 25.7 Å². The first-order valence-corrected chi connectivity index (χ1v) is 7.16. The maximum absolute atomic E-state index is 11.8. The van der Waals surface area contributed by atoms with Gasteiger partial charge >= 0.3 is 0 Å². The first kappa shape index (κ1) is 14.1. The van der Waals surface area contributed by atoms with E-state index in [1.54, 1.807) is 0 Å². The smallest absolute Gasteiger partial charge is 0.239 e. The van der Waals surface area contributed by atoms with Crippen molar-refractivity contribution in [2.45, 2.75) is 64.5 Å². The van der Waals surface area contributed by atoms with Crippen molar-refractivity contribution >= 4 is 5.91 Å². The molecule has 1 aliphatic rings. The molecule has 106 valence electrons. The molecule has 0 aromatic carbocycles. The van der Waals surface area contributed by atoms with Crippen LogP contribution in [0.15, 0.2) is 0 Å². The average Bonchev–Trinajstić information content (AvgIpc) is 2.59. The molecule has 5 nitrogen and oxygen atoms in total. The molecule has 19 heavy (non-hydrogen) atoms. The number of hydrogen-bond acceptors (Lipinski definition) is 3. The minimum atomic E-state index is -0.429. The van der Waals surface area contributed by atoms with Gasteiger partial charge < -0.3 is 5.73 Å². The molecule has 1 atom stereocenters. The molecule has 1 amide bonds. The summed E-state index contributed by atoms with van der Waals surface area (Å²) in [7, 11) is 0. The van der Waals surface area contributed by atoms with Crippen molar-refractivity contribution in [2.75, 3.05) is 0 Å². The van der Waals surface area contributed by atoms with Crippen LogP contribution < -0.4 is 11.1 Å². The zero-order valence-electron chi connectivity index (χ0n) is 11.8. The molecule has 1 aromatic heterocycles. The fraction of sp³-hybridized carbons (Fsp3) is 0.714. The first-order chi connectivity index (χ1) is 9.09. The number of rotatable bonds is 4. The Morgan fingerprint density at radius 1 is 1.32 bits per heavy atom. The summed E-state index contributed by atoms with van der Waals surface area (Å²) in [6.45, 7) is 3.84. The van der Waals surface area contributed by atoms with E-state index in [4.69, 9.17) is 5.73 Å². The normalized spacial score (nSPS) is 19.1. The van der Waals surface area contributed by atoms with Crippen LogP contribution in [0, 0.1) is 13.8 Å². The Kier molecular flexibility index (Phi) is 4.58. The van der Waals surface area contributed by atoms with E-state index >= 15 is 0 Å². The average molecular weight is 264 g/mol. The van der Waals surface area contributed by atoms with E-state index in [9.17, 15) is 4.79 Å². The van der Waals surface area contributed by atoms with Crippen LogP contribution in [0.1, 0.15) is 61.5 Å². The lowest BCUT2D eigenvalue weighted by atomic mass is 10.0. The SMILES string of the molecule is Cc1n[nH]c(C)c1C(NC1CCCCCC1)C(N)=O. The van der Waals surface area contributed by atoms with E-state index in [1.807, 2.05) is 13.8 Å². The van der Waals surface area contributed by atoms with E-state index in [2.05, 4.69) is 15.5 Å². The van der Waals surface area contributed by atoms with Crippen LogP contribution in [-0.2, 0) is 4.79 Å². The molecule has 1 unspecified atom stereocenters. The topological polar surface area (TPSA) is 83.8 Å². The lowest BCUT2D eigenvalue weighted by Gasteiger charge is -2.23. The second-order valence-corrected chi connectivity index (χ2v) is 5.54. The van der Waals surface area contributed by atoms with Gasteiger partial charge in [0, 0.05) is 17.3 Å². The van der Waals surface area contributed by atoms with E-state index < -0.39 is 6.04 Å². The number of aryl methyl sites for hydroxylation is 2. The van der Waals surface area contributed by atoms with Gasteiger partial charge in [-0.15, -0.1) is 0 Å². The van der Waals surface area contributed by atoms with Gasteiger partial charge in [-0.1, -0.05) is 25.7 Å². The zero-order valence-corrected chi connectivity index (χ0v) is 11.8. The molecule has 1 fully saturated rings. The summed E-state index contributed by atoms with van der Waals surface area (Å²) < 4.78 is 0. The van der Waals surface area contributed by atoms with Crippen molar-refractivity contribution in [3.8, 4) is 0 Å². The lowest BCUT2D eigenvalue weighted by Crippen LogP contribution is -2.40. The number of nitrogens with zero attached hydrogens (tertiary/aromatic N) is 1. The van der Waals surface area contributed by atoms with Crippen molar-refractivity contribution in [3.63, 3.8) is 0 Å². The standard InChI is InChI=1S/C14H24N4O/c1-9-12(10(2)18-17-9)13(14(15)19)16-11-7-5-3-4-6-8-11/h11,13,16H,3-8H2,1-2H3,(H2,15,19)(H,17,18). The van der Waals surface area contributed by atoms with E-state index in [-0.39, 0.29) is 5.91 Å². The predicted molar refractivity (Wildman–Crippen MR) is 74.6 cm³/mol. The van der Waals surface area contributed by atoms with Gasteiger partial charge in [0.05, 0.1) is 5.69 Å². The molecule has 1 saturated carbocycles. The second-order valence-electron chi connectivity index (χ2n) is 5.54. The van der Waals surface area contributed by atoms with Crippen molar-refractivity contribution in [1.82, 2.24) is 15.5 Å². The van der Waals surface area contributed by atoms with Gasteiger partial charge in [0.25, 0.3) is 0 Å². The molecule has 1 heterocycles. The number of aromatic amines is 1. The van der Waals surface area contributed by atoms with Crippen LogP contribution in [0.4, 0.5) is 0 Å². The lowest BCUT2D eigenvalue weighted by molar-refractivity contribution is -0.120. The third-order valence-corrected chi connectivity index (χ3v) is 4.02. The number of nitrogens with one attached hydrogen (secondary N) is 2. The Bertz CT molecular complexity index is 413. The molecule has 4 N–H and O–H groups in total. The summed E-state index contributed by atoms with van der Waals surface area (Å²) in [5, 5.41) is 10.5. The van der Waals surface area contributed by atoms with E-state index in [0.717, 1.165) is 29.8 Å². The third kappa shape index (κ3) is 3.35. The number of primary amides is 1. The highest BCUT2D eigenvalue weighted by atomic mass is 16.1. The molecule has 1 aliphatic carbocycles. The number of amides is 1.